The highest BCUT2D eigenvalue weighted by Crippen LogP contribution is 2.41. The average Bonchev–Trinajstić information content (AvgIpc) is 2.62. The van der Waals surface area contributed by atoms with Crippen molar-refractivity contribution in [3.8, 4) is 0 Å². The first-order valence-corrected chi connectivity index (χ1v) is 7.47. The Bertz CT molecular complexity index is 613. The third kappa shape index (κ3) is 2.66. The van der Waals surface area contributed by atoms with Crippen LogP contribution < -0.4 is 0 Å². The number of benzene rings is 2. The summed E-state index contributed by atoms with van der Waals surface area (Å²) in [6, 6.07) is 17.2. The Kier molecular flexibility index (Phi) is 4.55. The van der Waals surface area contributed by atoms with Crippen molar-refractivity contribution >= 4 is 0 Å². The molecule has 2 unspecified atom stereocenters. The molecule has 2 atom stereocenters. The number of aliphatic hydroxyl groups is 2. The number of hydrogen-bond acceptors (Lipinski definition) is 4. The molecule has 0 radical (unpaired) electrons. The first-order valence-electron chi connectivity index (χ1n) is 7.47. The molecule has 1 aliphatic rings. The molecule has 22 heavy (non-hydrogen) atoms. The third-order valence-corrected chi connectivity index (χ3v) is 3.98. The lowest BCUT2D eigenvalue weighted by Gasteiger charge is -2.42. The van der Waals surface area contributed by atoms with Crippen LogP contribution in [0.25, 0.3) is 0 Å². The molecule has 0 aliphatic carbocycles. The molecule has 3 rings (SSSR count). The molecule has 116 valence electrons. The van der Waals surface area contributed by atoms with E-state index >= 15 is 0 Å². The summed E-state index contributed by atoms with van der Waals surface area (Å²) >= 11 is 0. The molecular weight excluding hydrogens is 280 g/mol. The highest BCUT2D eigenvalue weighted by atomic mass is 16.7. The minimum absolute atomic E-state index is 0.0563. The van der Waals surface area contributed by atoms with Gasteiger partial charge in [0.05, 0.1) is 25.9 Å². The van der Waals surface area contributed by atoms with Gasteiger partial charge in [0.15, 0.2) is 0 Å². The molecule has 0 aromatic heterocycles. The number of ether oxygens (including phenoxy) is 2. The van der Waals surface area contributed by atoms with Crippen LogP contribution in [0.15, 0.2) is 54.6 Å². The van der Waals surface area contributed by atoms with Crippen LogP contribution >= 0.6 is 0 Å². The van der Waals surface area contributed by atoms with Gasteiger partial charge >= 0.3 is 0 Å². The van der Waals surface area contributed by atoms with Gasteiger partial charge in [0.1, 0.15) is 0 Å². The molecule has 0 amide bonds. The Hall–Kier alpha value is -1.72. The van der Waals surface area contributed by atoms with Crippen LogP contribution in [-0.2, 0) is 21.9 Å². The van der Waals surface area contributed by atoms with Gasteiger partial charge in [0, 0.05) is 11.1 Å². The van der Waals surface area contributed by atoms with Gasteiger partial charge < -0.3 is 19.7 Å². The van der Waals surface area contributed by atoms with E-state index in [9.17, 15) is 10.2 Å². The maximum absolute atomic E-state index is 9.67. The Morgan fingerprint density at radius 2 is 1.73 bits per heavy atom. The van der Waals surface area contributed by atoms with Gasteiger partial charge in [-0.05, 0) is 12.0 Å². The van der Waals surface area contributed by atoms with Crippen molar-refractivity contribution in [1.29, 1.82) is 0 Å². The lowest BCUT2D eigenvalue weighted by Crippen LogP contribution is -2.45. The van der Waals surface area contributed by atoms with E-state index < -0.39 is 5.79 Å². The summed E-state index contributed by atoms with van der Waals surface area (Å²) in [5.74, 6) is -1.09. The first-order chi connectivity index (χ1) is 10.8. The normalized spacial score (nSPS) is 25.1. The second-order valence-corrected chi connectivity index (χ2v) is 5.36. The van der Waals surface area contributed by atoms with Gasteiger partial charge in [-0.3, -0.25) is 0 Å². The summed E-state index contributed by atoms with van der Waals surface area (Å²) in [4.78, 5) is 0. The van der Waals surface area contributed by atoms with E-state index in [2.05, 4.69) is 0 Å². The van der Waals surface area contributed by atoms with Gasteiger partial charge in [-0.15, -0.1) is 0 Å². The molecule has 2 N–H and O–H groups in total. The zero-order valence-corrected chi connectivity index (χ0v) is 12.3. The second kappa shape index (κ2) is 6.58. The molecule has 0 spiro atoms. The zero-order chi connectivity index (χ0) is 15.4. The lowest BCUT2D eigenvalue weighted by atomic mass is 9.92. The first kappa shape index (κ1) is 15.2. The average molecular weight is 300 g/mol. The highest BCUT2D eigenvalue weighted by molar-refractivity contribution is 5.39. The van der Waals surface area contributed by atoms with E-state index in [-0.39, 0.29) is 19.3 Å². The van der Waals surface area contributed by atoms with E-state index in [0.29, 0.717) is 13.0 Å². The molecule has 4 heteroatoms. The van der Waals surface area contributed by atoms with Gasteiger partial charge in [0.25, 0.3) is 0 Å². The fraction of sp³-hybridized carbons (Fsp3) is 0.333. The molecule has 2 aromatic carbocycles. The van der Waals surface area contributed by atoms with Gasteiger partial charge in [-0.2, -0.15) is 0 Å². The molecular formula is C18H20O4. The van der Waals surface area contributed by atoms with Crippen LogP contribution in [0.2, 0.25) is 0 Å². The van der Waals surface area contributed by atoms with Crippen LogP contribution in [0.4, 0.5) is 0 Å². The van der Waals surface area contributed by atoms with Crippen molar-refractivity contribution in [1.82, 2.24) is 0 Å². The predicted octanol–water partition coefficient (Wildman–Crippen LogP) is 2.18. The Morgan fingerprint density at radius 3 is 2.45 bits per heavy atom. The highest BCUT2D eigenvalue weighted by Gasteiger charge is 2.43. The van der Waals surface area contributed by atoms with Crippen molar-refractivity contribution < 1.29 is 19.7 Å². The maximum Gasteiger partial charge on any atom is 0.223 e. The van der Waals surface area contributed by atoms with E-state index in [0.717, 1.165) is 16.7 Å². The third-order valence-electron chi connectivity index (χ3n) is 3.98. The SMILES string of the molecule is OCc1ccccc1C1(c2ccccc2)OCCC(CO)O1. The summed E-state index contributed by atoms with van der Waals surface area (Å²) in [6.07, 6.45) is 0.354. The maximum atomic E-state index is 9.67. The van der Waals surface area contributed by atoms with Crippen LogP contribution in [0.3, 0.4) is 0 Å². The Balaban J connectivity index is 2.15. The van der Waals surface area contributed by atoms with E-state index in [1.165, 1.54) is 0 Å². The number of aliphatic hydroxyl groups excluding tert-OH is 2. The van der Waals surface area contributed by atoms with Crippen LogP contribution in [0.1, 0.15) is 23.1 Å². The van der Waals surface area contributed by atoms with E-state index in [4.69, 9.17) is 9.47 Å². The molecule has 1 heterocycles. The smallest absolute Gasteiger partial charge is 0.223 e. The van der Waals surface area contributed by atoms with Crippen molar-refractivity contribution in [3.63, 3.8) is 0 Å². The zero-order valence-electron chi connectivity index (χ0n) is 12.3. The molecule has 2 aromatic rings. The largest absolute Gasteiger partial charge is 0.394 e. The van der Waals surface area contributed by atoms with Crippen molar-refractivity contribution in [2.75, 3.05) is 13.2 Å². The molecule has 1 saturated heterocycles. The molecule has 1 aliphatic heterocycles. The molecule has 1 fully saturated rings. The molecule has 4 nitrogen and oxygen atoms in total. The van der Waals surface area contributed by atoms with Crippen molar-refractivity contribution in [2.24, 2.45) is 0 Å². The fourth-order valence-corrected chi connectivity index (χ4v) is 2.88. The van der Waals surface area contributed by atoms with Crippen molar-refractivity contribution in [3.05, 3.63) is 71.3 Å². The summed E-state index contributed by atoms with van der Waals surface area (Å²) in [7, 11) is 0. The van der Waals surface area contributed by atoms with Crippen LogP contribution in [0.5, 0.6) is 0 Å². The van der Waals surface area contributed by atoms with E-state index in [1.807, 2.05) is 54.6 Å². The summed E-state index contributed by atoms with van der Waals surface area (Å²) in [5, 5.41) is 19.2. The van der Waals surface area contributed by atoms with Crippen LogP contribution in [0, 0.1) is 0 Å². The minimum Gasteiger partial charge on any atom is -0.394 e. The Morgan fingerprint density at radius 1 is 1.00 bits per heavy atom. The predicted molar refractivity (Wildman–Crippen MR) is 82.1 cm³/mol. The quantitative estimate of drug-likeness (QED) is 0.908. The van der Waals surface area contributed by atoms with Gasteiger partial charge in [-0.25, -0.2) is 0 Å². The number of hydrogen-bond donors (Lipinski definition) is 2. The van der Waals surface area contributed by atoms with Crippen molar-refractivity contribution in [2.45, 2.75) is 24.9 Å². The Labute approximate surface area is 129 Å². The van der Waals surface area contributed by atoms with Gasteiger partial charge in [0.2, 0.25) is 5.79 Å². The topological polar surface area (TPSA) is 58.9 Å². The number of rotatable bonds is 4. The molecule has 0 bridgehead atoms. The molecule has 0 saturated carbocycles. The monoisotopic (exact) mass is 300 g/mol. The van der Waals surface area contributed by atoms with Crippen LogP contribution in [-0.4, -0.2) is 29.5 Å². The second-order valence-electron chi connectivity index (χ2n) is 5.36. The van der Waals surface area contributed by atoms with E-state index in [1.54, 1.807) is 0 Å². The van der Waals surface area contributed by atoms with Gasteiger partial charge in [-0.1, -0.05) is 54.6 Å². The standard InChI is InChI=1S/C18H20O4/c19-12-14-6-4-5-9-17(14)18(15-7-2-1-3-8-15)21-11-10-16(13-20)22-18/h1-9,16,19-20H,10-13H2. The summed E-state index contributed by atoms with van der Waals surface area (Å²) < 4.78 is 12.2. The summed E-state index contributed by atoms with van der Waals surface area (Å²) in [6.45, 7) is 0.334. The fourth-order valence-electron chi connectivity index (χ4n) is 2.88. The minimum atomic E-state index is -1.09. The lowest BCUT2D eigenvalue weighted by molar-refractivity contribution is -0.283. The summed E-state index contributed by atoms with van der Waals surface area (Å²) in [5.41, 5.74) is 2.39.